The van der Waals surface area contributed by atoms with Crippen molar-refractivity contribution in [2.45, 2.75) is 39.1 Å². The van der Waals surface area contributed by atoms with Gasteiger partial charge in [0.1, 0.15) is 35.5 Å². The second-order valence-electron chi connectivity index (χ2n) is 7.43. The predicted octanol–water partition coefficient (Wildman–Crippen LogP) is 5.43. The number of nitrogens with one attached hydrogen (secondary N) is 2. The monoisotopic (exact) mass is 544 g/mol. The first kappa shape index (κ1) is 25.5. The van der Waals surface area contributed by atoms with Crippen LogP contribution in [0.5, 0.6) is 11.5 Å². The van der Waals surface area contributed by atoms with Gasteiger partial charge in [-0.05, 0) is 54.9 Å². The lowest BCUT2D eigenvalue weighted by Gasteiger charge is -2.22. The molecule has 1 aromatic heterocycles. The van der Waals surface area contributed by atoms with E-state index in [4.69, 9.17) is 9.47 Å². The minimum absolute atomic E-state index is 0.0872. The van der Waals surface area contributed by atoms with Crippen molar-refractivity contribution in [1.82, 2.24) is 15.3 Å². The topological polar surface area (TPSA) is 85.4 Å². The van der Waals surface area contributed by atoms with Crippen molar-refractivity contribution in [3.05, 3.63) is 46.4 Å². The van der Waals surface area contributed by atoms with Crippen LogP contribution in [0.15, 0.2) is 35.1 Å². The summed E-state index contributed by atoms with van der Waals surface area (Å²) in [5.41, 5.74) is 1.57. The maximum atomic E-state index is 14.0. The molecule has 0 radical (unpaired) electrons. The first-order valence-electron chi connectivity index (χ1n) is 10.0. The van der Waals surface area contributed by atoms with Crippen molar-refractivity contribution in [3.8, 4) is 11.5 Å². The summed E-state index contributed by atoms with van der Waals surface area (Å²) in [6.07, 6.45) is -4.61. The fourth-order valence-electron chi connectivity index (χ4n) is 3.18. The maximum absolute atomic E-state index is 14.0. The van der Waals surface area contributed by atoms with E-state index in [1.807, 2.05) is 12.2 Å². The molecular weight excluding hydrogens is 524 g/mol. The van der Waals surface area contributed by atoms with Crippen LogP contribution in [-0.4, -0.2) is 41.3 Å². The maximum Gasteiger partial charge on any atom is 0.408 e. The van der Waals surface area contributed by atoms with Crippen LogP contribution in [0.2, 0.25) is 0 Å². The smallest absolute Gasteiger partial charge is 0.408 e. The zero-order chi connectivity index (χ0) is 25.2. The van der Waals surface area contributed by atoms with E-state index in [1.165, 1.54) is 32.5 Å². The SMILES string of the molecule is COc1c(Br)cc2ncnc(Nc3ccc(F)cc3O[C@H](C)C(=O)N[C@@H](C)C(F)(F)F)c2c1C. The van der Waals surface area contributed by atoms with Gasteiger partial charge in [0.15, 0.2) is 6.10 Å². The summed E-state index contributed by atoms with van der Waals surface area (Å²) in [6, 6.07) is 3.24. The highest BCUT2D eigenvalue weighted by molar-refractivity contribution is 9.10. The Labute approximate surface area is 201 Å². The van der Waals surface area contributed by atoms with Crippen molar-refractivity contribution >= 4 is 44.2 Å². The molecule has 1 heterocycles. The second kappa shape index (κ2) is 10.00. The first-order chi connectivity index (χ1) is 15.9. The Bertz CT molecular complexity index is 1220. The van der Waals surface area contributed by atoms with Crippen LogP contribution in [0.3, 0.4) is 0 Å². The average molecular weight is 545 g/mol. The Morgan fingerprint density at radius 1 is 1.18 bits per heavy atom. The minimum Gasteiger partial charge on any atom is -0.495 e. The summed E-state index contributed by atoms with van der Waals surface area (Å²) < 4.78 is 63.9. The van der Waals surface area contributed by atoms with Crippen LogP contribution in [0, 0.1) is 12.7 Å². The molecule has 0 unspecified atom stereocenters. The molecule has 0 aliphatic heterocycles. The van der Waals surface area contributed by atoms with Gasteiger partial charge < -0.3 is 20.1 Å². The number of nitrogens with zero attached hydrogens (tertiary/aromatic N) is 2. The molecule has 0 spiro atoms. The Kier molecular flexibility index (Phi) is 7.49. The predicted molar refractivity (Wildman–Crippen MR) is 122 cm³/mol. The largest absolute Gasteiger partial charge is 0.495 e. The number of benzene rings is 2. The number of hydrogen-bond acceptors (Lipinski definition) is 6. The van der Waals surface area contributed by atoms with Gasteiger partial charge in [-0.2, -0.15) is 13.2 Å². The van der Waals surface area contributed by atoms with Crippen LogP contribution in [0.25, 0.3) is 10.9 Å². The molecular formula is C22H21BrF4N4O3. The van der Waals surface area contributed by atoms with Crippen LogP contribution < -0.4 is 20.1 Å². The zero-order valence-electron chi connectivity index (χ0n) is 18.6. The summed E-state index contributed by atoms with van der Waals surface area (Å²) in [5, 5.41) is 5.50. The summed E-state index contributed by atoms with van der Waals surface area (Å²) in [7, 11) is 1.52. The quantitative estimate of drug-likeness (QED) is 0.386. The van der Waals surface area contributed by atoms with Crippen LogP contribution >= 0.6 is 15.9 Å². The van der Waals surface area contributed by atoms with E-state index >= 15 is 0 Å². The number of ether oxygens (including phenoxy) is 2. The van der Waals surface area contributed by atoms with Crippen molar-refractivity contribution in [2.75, 3.05) is 12.4 Å². The molecule has 0 fully saturated rings. The standard InChI is InChI=1S/C22H21BrF4N4O3/c1-10-18-16(8-14(23)19(10)33-4)28-9-29-20(18)31-15-6-5-13(24)7-17(15)34-11(2)21(32)30-12(3)22(25,26)27/h5-9,11-12H,1-4H3,(H,30,32)(H,28,29,31)/t11-,12+/m1/s1. The van der Waals surface area contributed by atoms with Crippen molar-refractivity contribution in [3.63, 3.8) is 0 Å². The third-order valence-corrected chi connectivity index (χ3v) is 5.59. The highest BCUT2D eigenvalue weighted by Gasteiger charge is 2.38. The molecule has 34 heavy (non-hydrogen) atoms. The molecule has 1 amide bonds. The van der Waals surface area contributed by atoms with E-state index in [1.54, 1.807) is 6.07 Å². The molecule has 0 aliphatic rings. The molecule has 2 atom stereocenters. The molecule has 2 N–H and O–H groups in total. The Morgan fingerprint density at radius 3 is 2.53 bits per heavy atom. The molecule has 0 aliphatic carbocycles. The molecule has 182 valence electrons. The summed E-state index contributed by atoms with van der Waals surface area (Å²) in [4.78, 5) is 20.7. The molecule has 7 nitrogen and oxygen atoms in total. The van der Waals surface area contributed by atoms with Gasteiger partial charge in [-0.15, -0.1) is 0 Å². The lowest BCUT2D eigenvalue weighted by Crippen LogP contribution is -2.47. The van der Waals surface area contributed by atoms with E-state index in [0.717, 1.165) is 18.6 Å². The van der Waals surface area contributed by atoms with Gasteiger partial charge in [-0.1, -0.05) is 0 Å². The number of amides is 1. The lowest BCUT2D eigenvalue weighted by molar-refractivity contribution is -0.160. The summed E-state index contributed by atoms with van der Waals surface area (Å²) >= 11 is 3.43. The van der Waals surface area contributed by atoms with Gasteiger partial charge in [0.2, 0.25) is 0 Å². The zero-order valence-corrected chi connectivity index (χ0v) is 20.1. The number of aryl methyl sites for hydroxylation is 1. The van der Waals surface area contributed by atoms with Crippen LogP contribution in [-0.2, 0) is 4.79 Å². The van der Waals surface area contributed by atoms with Gasteiger partial charge in [-0.25, -0.2) is 14.4 Å². The van der Waals surface area contributed by atoms with E-state index in [-0.39, 0.29) is 11.4 Å². The number of carbonyl (C=O) groups is 1. The van der Waals surface area contributed by atoms with Gasteiger partial charge in [0.25, 0.3) is 5.91 Å². The highest BCUT2D eigenvalue weighted by Crippen LogP contribution is 2.38. The van der Waals surface area contributed by atoms with Gasteiger partial charge >= 0.3 is 6.18 Å². The van der Waals surface area contributed by atoms with E-state index in [0.29, 0.717) is 26.9 Å². The number of anilines is 2. The highest BCUT2D eigenvalue weighted by atomic mass is 79.9. The Hall–Kier alpha value is -3.15. The normalized spacial score (nSPS) is 13.3. The Morgan fingerprint density at radius 2 is 1.88 bits per heavy atom. The molecule has 12 heteroatoms. The molecule has 0 saturated carbocycles. The summed E-state index contributed by atoms with van der Waals surface area (Å²) in [5.74, 6) is -0.822. The lowest BCUT2D eigenvalue weighted by atomic mass is 10.1. The number of carbonyl (C=O) groups excluding carboxylic acids is 1. The average Bonchev–Trinajstić information content (AvgIpc) is 2.75. The molecule has 3 rings (SSSR count). The fraction of sp³-hybridized carbons (Fsp3) is 0.318. The Balaban J connectivity index is 1.93. The van der Waals surface area contributed by atoms with Crippen LogP contribution in [0.1, 0.15) is 19.4 Å². The van der Waals surface area contributed by atoms with Gasteiger partial charge in [-0.3, -0.25) is 4.79 Å². The van der Waals surface area contributed by atoms with Gasteiger partial charge in [0.05, 0.1) is 22.8 Å². The number of alkyl halides is 3. The van der Waals surface area contributed by atoms with Gasteiger partial charge in [0, 0.05) is 17.0 Å². The number of methoxy groups -OCH3 is 1. The second-order valence-corrected chi connectivity index (χ2v) is 8.28. The number of halogens is 5. The minimum atomic E-state index is -4.61. The fourth-order valence-corrected chi connectivity index (χ4v) is 3.86. The third-order valence-electron chi connectivity index (χ3n) is 5.00. The number of hydrogen-bond donors (Lipinski definition) is 2. The number of fused-ring (bicyclic) bond motifs is 1. The molecule has 0 saturated heterocycles. The van der Waals surface area contributed by atoms with Crippen LogP contribution in [0.4, 0.5) is 29.1 Å². The molecule has 2 aromatic carbocycles. The van der Waals surface area contributed by atoms with Crippen molar-refractivity contribution < 1.29 is 31.8 Å². The van der Waals surface area contributed by atoms with Crippen molar-refractivity contribution in [2.24, 2.45) is 0 Å². The van der Waals surface area contributed by atoms with E-state index < -0.39 is 30.0 Å². The number of rotatable bonds is 7. The number of aromatic nitrogens is 2. The summed E-state index contributed by atoms with van der Waals surface area (Å²) in [6.45, 7) is 3.89. The first-order valence-corrected chi connectivity index (χ1v) is 10.8. The molecule has 0 bridgehead atoms. The van der Waals surface area contributed by atoms with Crippen molar-refractivity contribution in [1.29, 1.82) is 0 Å². The van der Waals surface area contributed by atoms with E-state index in [9.17, 15) is 22.4 Å². The molecule has 3 aromatic rings. The third kappa shape index (κ3) is 5.49. The van der Waals surface area contributed by atoms with E-state index in [2.05, 4.69) is 31.2 Å².